The largest absolute Gasteiger partial charge is 0.397 e. The highest BCUT2D eigenvalue weighted by Gasteiger charge is 2.32. The molecule has 1 aliphatic rings. The lowest BCUT2D eigenvalue weighted by molar-refractivity contribution is -0.245. The molecule has 4 aromatic carbocycles. The van der Waals surface area contributed by atoms with Gasteiger partial charge in [0.1, 0.15) is 0 Å². The van der Waals surface area contributed by atoms with Crippen LogP contribution in [0.25, 0.3) is 10.2 Å². The number of nitrogens with zero attached hydrogens (tertiary/aromatic N) is 1. The van der Waals surface area contributed by atoms with E-state index < -0.39 is 6.29 Å². The Bertz CT molecular complexity index is 1800. The molecule has 6 rings (SSSR count). The van der Waals surface area contributed by atoms with E-state index in [1.807, 2.05) is 66.7 Å². The lowest BCUT2D eigenvalue weighted by Crippen LogP contribution is -2.31. The third kappa shape index (κ3) is 8.76. The molecule has 0 saturated carbocycles. The molecule has 5 aromatic rings. The molecule has 1 aromatic heterocycles. The van der Waals surface area contributed by atoms with E-state index in [2.05, 4.69) is 16.7 Å². The zero-order valence-corrected chi connectivity index (χ0v) is 27.3. The number of benzene rings is 4. The molecule has 0 unspecified atom stereocenters. The number of amides is 2. The summed E-state index contributed by atoms with van der Waals surface area (Å²) in [4.78, 5) is 29.9. The summed E-state index contributed by atoms with van der Waals surface area (Å²) in [6.45, 7) is -0.0203. The number of aliphatic hydroxyl groups excluding tert-OH is 1. The van der Waals surface area contributed by atoms with Gasteiger partial charge in [-0.15, -0.1) is 11.3 Å². The quantitative estimate of drug-likeness (QED) is 0.0795. The Labute approximate surface area is 281 Å². The number of aromatic nitrogens is 1. The van der Waals surface area contributed by atoms with Crippen LogP contribution in [0.1, 0.15) is 54.8 Å². The second kappa shape index (κ2) is 15.6. The van der Waals surface area contributed by atoms with Crippen molar-refractivity contribution in [2.24, 2.45) is 0 Å². The first-order valence-corrected chi connectivity index (χ1v) is 17.3. The van der Waals surface area contributed by atoms with Crippen LogP contribution in [0.15, 0.2) is 101 Å². The number of anilines is 3. The van der Waals surface area contributed by atoms with Crippen molar-refractivity contribution in [3.05, 3.63) is 114 Å². The number of nitrogens with one attached hydrogen (secondary N) is 2. The number of rotatable bonds is 12. The van der Waals surface area contributed by atoms with Crippen molar-refractivity contribution < 1.29 is 24.2 Å². The maximum absolute atomic E-state index is 12.8. The van der Waals surface area contributed by atoms with Gasteiger partial charge < -0.3 is 30.9 Å². The van der Waals surface area contributed by atoms with Gasteiger partial charge >= 0.3 is 0 Å². The molecule has 242 valence electrons. The minimum atomic E-state index is -0.654. The predicted molar refractivity (Wildman–Crippen MR) is 187 cm³/mol. The lowest BCUT2D eigenvalue weighted by Gasteiger charge is -2.36. The van der Waals surface area contributed by atoms with Gasteiger partial charge in [-0.25, -0.2) is 4.98 Å². The lowest BCUT2D eigenvalue weighted by atomic mass is 10.0. The number of hydrogen-bond acceptors (Lipinski definition) is 9. The SMILES string of the molecule is Nc1ccccc1NC(=O)CCCC(=O)Nc1cccc([C@H]2O[C@@H](CSc3nc4ccccc4s3)C[C@@H](c3ccc(CO)cc3)O2)c1. The molecule has 1 saturated heterocycles. The summed E-state index contributed by atoms with van der Waals surface area (Å²) >= 11 is 3.35. The van der Waals surface area contributed by atoms with Crippen LogP contribution in [0.5, 0.6) is 0 Å². The smallest absolute Gasteiger partial charge is 0.224 e. The first-order chi connectivity index (χ1) is 22.9. The average Bonchev–Trinajstić information content (AvgIpc) is 3.52. The number of thiazole rings is 1. The number of para-hydroxylation sites is 3. The van der Waals surface area contributed by atoms with Crippen molar-refractivity contribution in [1.29, 1.82) is 0 Å². The van der Waals surface area contributed by atoms with E-state index in [4.69, 9.17) is 20.2 Å². The molecular weight excluding hydrogens is 633 g/mol. The van der Waals surface area contributed by atoms with Crippen LogP contribution in [-0.4, -0.2) is 33.8 Å². The van der Waals surface area contributed by atoms with Crippen LogP contribution in [0.3, 0.4) is 0 Å². The molecular formula is C36H36N4O5S2. The molecule has 2 amide bonds. The molecule has 11 heteroatoms. The van der Waals surface area contributed by atoms with Crippen molar-refractivity contribution in [2.45, 2.75) is 55.1 Å². The Morgan fingerprint density at radius 1 is 0.894 bits per heavy atom. The monoisotopic (exact) mass is 668 g/mol. The number of carbonyl (C=O) groups excluding carboxylic acids is 2. The fourth-order valence-corrected chi connectivity index (χ4v) is 7.43. The summed E-state index contributed by atoms with van der Waals surface area (Å²) < 4.78 is 15.1. The standard InChI is InChI=1S/C36H36N4O5S2/c37-28-9-1-2-10-29(28)39-34(43)14-6-13-33(42)38-26-8-5-7-25(19-26)35-44-27(20-31(45-35)24-17-15-23(21-41)16-18-24)22-46-36-40-30-11-3-4-12-32(30)47-36/h1-5,7-12,15-19,27,31,35,41H,6,13-14,20-22,37H2,(H,38,42)(H,39,43)/t27-,31+,35+/m1/s1. The summed E-state index contributed by atoms with van der Waals surface area (Å²) in [6, 6.07) is 30.4. The molecule has 1 aliphatic heterocycles. The summed E-state index contributed by atoms with van der Waals surface area (Å²) in [7, 11) is 0. The van der Waals surface area contributed by atoms with Crippen molar-refractivity contribution in [2.75, 3.05) is 22.1 Å². The van der Waals surface area contributed by atoms with Crippen LogP contribution in [0, 0.1) is 0 Å². The zero-order chi connectivity index (χ0) is 32.6. The number of hydrogen-bond donors (Lipinski definition) is 4. The van der Waals surface area contributed by atoms with Crippen LogP contribution >= 0.6 is 23.1 Å². The maximum atomic E-state index is 12.8. The van der Waals surface area contributed by atoms with E-state index in [0.717, 1.165) is 31.2 Å². The molecule has 0 bridgehead atoms. The van der Waals surface area contributed by atoms with Gasteiger partial charge in [0.15, 0.2) is 10.6 Å². The van der Waals surface area contributed by atoms with Crippen LogP contribution in [-0.2, 0) is 25.7 Å². The maximum Gasteiger partial charge on any atom is 0.224 e. The van der Waals surface area contributed by atoms with Crippen LogP contribution < -0.4 is 16.4 Å². The molecule has 0 spiro atoms. The average molecular weight is 669 g/mol. The van der Waals surface area contributed by atoms with Gasteiger partial charge in [-0.2, -0.15) is 0 Å². The van der Waals surface area contributed by atoms with Crippen molar-refractivity contribution in [1.82, 2.24) is 4.98 Å². The molecule has 3 atom stereocenters. The number of carbonyl (C=O) groups is 2. The highest BCUT2D eigenvalue weighted by atomic mass is 32.2. The fraction of sp³-hybridized carbons (Fsp3) is 0.250. The van der Waals surface area contributed by atoms with Gasteiger partial charge in [0, 0.05) is 36.3 Å². The molecule has 1 fully saturated rings. The van der Waals surface area contributed by atoms with Crippen molar-refractivity contribution in [3.8, 4) is 0 Å². The number of aliphatic hydroxyl groups is 1. The van der Waals surface area contributed by atoms with Gasteiger partial charge in [-0.1, -0.05) is 72.4 Å². The highest BCUT2D eigenvalue weighted by Crippen LogP contribution is 2.40. The fourth-order valence-electron chi connectivity index (χ4n) is 5.32. The third-order valence-electron chi connectivity index (χ3n) is 7.77. The normalized spacial score (nSPS) is 17.8. The van der Waals surface area contributed by atoms with E-state index in [9.17, 15) is 14.7 Å². The predicted octanol–water partition coefficient (Wildman–Crippen LogP) is 7.46. The van der Waals surface area contributed by atoms with Gasteiger partial charge in [0.2, 0.25) is 11.8 Å². The Hall–Kier alpha value is -4.26. The molecule has 9 nitrogen and oxygen atoms in total. The molecule has 0 aliphatic carbocycles. The van der Waals surface area contributed by atoms with E-state index in [-0.39, 0.29) is 43.5 Å². The Kier molecular flexibility index (Phi) is 10.8. The summed E-state index contributed by atoms with van der Waals surface area (Å²) in [5.74, 6) is 0.318. The first kappa shape index (κ1) is 32.7. The van der Waals surface area contributed by atoms with Gasteiger partial charge in [0.05, 0.1) is 40.4 Å². The van der Waals surface area contributed by atoms with Crippen molar-refractivity contribution >= 4 is 62.2 Å². The van der Waals surface area contributed by atoms with E-state index >= 15 is 0 Å². The molecule has 47 heavy (non-hydrogen) atoms. The summed E-state index contributed by atoms with van der Waals surface area (Å²) in [5.41, 5.74) is 11.2. The Morgan fingerprint density at radius 2 is 1.66 bits per heavy atom. The van der Waals surface area contributed by atoms with Crippen LogP contribution in [0.4, 0.5) is 17.1 Å². The number of fused-ring (bicyclic) bond motifs is 1. The number of nitrogens with two attached hydrogens (primary N) is 1. The zero-order valence-electron chi connectivity index (χ0n) is 25.6. The highest BCUT2D eigenvalue weighted by molar-refractivity contribution is 8.01. The molecule has 2 heterocycles. The number of thioether (sulfide) groups is 1. The Balaban J connectivity index is 1.09. The molecule has 5 N–H and O–H groups in total. The minimum Gasteiger partial charge on any atom is -0.397 e. The van der Waals surface area contributed by atoms with Crippen LogP contribution in [0.2, 0.25) is 0 Å². The van der Waals surface area contributed by atoms with E-state index in [1.54, 1.807) is 47.4 Å². The van der Waals surface area contributed by atoms with E-state index in [0.29, 0.717) is 35.7 Å². The number of ether oxygens (including phenoxy) is 2. The van der Waals surface area contributed by atoms with Crippen molar-refractivity contribution in [3.63, 3.8) is 0 Å². The first-order valence-electron chi connectivity index (χ1n) is 15.5. The van der Waals surface area contributed by atoms with Gasteiger partial charge in [-0.3, -0.25) is 9.59 Å². The number of nitrogen functional groups attached to an aromatic ring is 1. The second-order valence-electron chi connectivity index (χ2n) is 11.3. The minimum absolute atomic E-state index is 0.0203. The van der Waals surface area contributed by atoms with Gasteiger partial charge in [-0.05, 0) is 53.9 Å². The van der Waals surface area contributed by atoms with Gasteiger partial charge in [0.25, 0.3) is 0 Å². The second-order valence-corrected chi connectivity index (χ2v) is 13.6. The Morgan fingerprint density at radius 3 is 2.45 bits per heavy atom. The summed E-state index contributed by atoms with van der Waals surface area (Å²) in [6.07, 6.45) is 0.440. The molecule has 0 radical (unpaired) electrons. The third-order valence-corrected chi connectivity index (χ3v) is 10.1. The topological polar surface area (TPSA) is 136 Å². The summed E-state index contributed by atoms with van der Waals surface area (Å²) in [5, 5.41) is 15.2. The van der Waals surface area contributed by atoms with E-state index in [1.165, 1.54) is 0 Å².